The van der Waals surface area contributed by atoms with Gasteiger partial charge in [0.15, 0.2) is 0 Å². The van der Waals surface area contributed by atoms with Crippen LogP contribution in [0.3, 0.4) is 0 Å². The summed E-state index contributed by atoms with van der Waals surface area (Å²) in [6.45, 7) is 1.93. The lowest BCUT2D eigenvalue weighted by molar-refractivity contribution is -0.120. The zero-order valence-electron chi connectivity index (χ0n) is 9.68. The number of amides is 2. The van der Waals surface area contributed by atoms with Gasteiger partial charge >= 0.3 is 6.09 Å². The third-order valence-electron chi connectivity index (χ3n) is 2.26. The topological polar surface area (TPSA) is 81.4 Å². The maximum absolute atomic E-state index is 11.3. The van der Waals surface area contributed by atoms with E-state index in [-0.39, 0.29) is 6.61 Å². The quantitative estimate of drug-likeness (QED) is 0.805. The molecule has 0 fully saturated rings. The molecule has 17 heavy (non-hydrogen) atoms. The van der Waals surface area contributed by atoms with Crippen molar-refractivity contribution in [3.05, 3.63) is 35.9 Å². The Morgan fingerprint density at radius 3 is 2.53 bits per heavy atom. The molecule has 0 spiro atoms. The predicted molar refractivity (Wildman–Crippen MR) is 63.0 cm³/mol. The van der Waals surface area contributed by atoms with E-state index in [9.17, 15) is 9.59 Å². The Labute approximate surface area is 99.9 Å². The van der Waals surface area contributed by atoms with Crippen molar-refractivity contribution in [3.63, 3.8) is 0 Å². The summed E-state index contributed by atoms with van der Waals surface area (Å²) in [5.41, 5.74) is 5.98. The number of hydrogen-bond acceptors (Lipinski definition) is 3. The molecule has 0 saturated carbocycles. The summed E-state index contributed by atoms with van der Waals surface area (Å²) in [4.78, 5) is 22.2. The molecule has 0 bridgehead atoms. The zero-order valence-corrected chi connectivity index (χ0v) is 9.68. The molecule has 0 aliphatic rings. The first kappa shape index (κ1) is 13.0. The molecular weight excluding hydrogens is 220 g/mol. The lowest BCUT2D eigenvalue weighted by Crippen LogP contribution is -2.44. The van der Waals surface area contributed by atoms with Crippen molar-refractivity contribution in [2.75, 3.05) is 0 Å². The molecule has 1 aromatic rings. The lowest BCUT2D eigenvalue weighted by Gasteiger charge is -2.13. The van der Waals surface area contributed by atoms with Gasteiger partial charge in [0.05, 0.1) is 0 Å². The number of alkyl carbamates (subject to hydrolysis) is 1. The Balaban J connectivity index is 2.37. The molecule has 1 rings (SSSR count). The fourth-order valence-corrected chi connectivity index (χ4v) is 1.28. The van der Waals surface area contributed by atoms with E-state index in [1.807, 2.05) is 30.3 Å². The Morgan fingerprint density at radius 2 is 2.00 bits per heavy atom. The molecule has 0 unspecified atom stereocenters. The summed E-state index contributed by atoms with van der Waals surface area (Å²) >= 11 is 0. The largest absolute Gasteiger partial charge is 0.445 e. The van der Waals surface area contributed by atoms with Gasteiger partial charge in [-0.25, -0.2) is 4.79 Å². The highest BCUT2D eigenvalue weighted by Crippen LogP contribution is 2.01. The molecule has 0 aliphatic heterocycles. The smallest absolute Gasteiger partial charge is 0.408 e. The summed E-state index contributed by atoms with van der Waals surface area (Å²) in [5, 5.41) is 2.40. The summed E-state index contributed by atoms with van der Waals surface area (Å²) in [6.07, 6.45) is -0.199. The molecule has 92 valence electrons. The number of rotatable bonds is 5. The van der Waals surface area contributed by atoms with Crippen LogP contribution in [-0.4, -0.2) is 18.0 Å². The van der Waals surface area contributed by atoms with Crippen molar-refractivity contribution in [2.24, 2.45) is 5.73 Å². The maximum atomic E-state index is 11.3. The number of carbonyl (C=O) groups is 2. The molecule has 5 heteroatoms. The molecule has 5 nitrogen and oxygen atoms in total. The van der Waals surface area contributed by atoms with Gasteiger partial charge in [-0.3, -0.25) is 4.79 Å². The number of primary amides is 1. The number of ether oxygens (including phenoxy) is 1. The molecule has 1 aromatic carbocycles. The Bertz CT molecular complexity index is 379. The molecule has 3 N–H and O–H groups in total. The second-order valence-electron chi connectivity index (χ2n) is 3.57. The number of nitrogens with one attached hydrogen (secondary N) is 1. The van der Waals surface area contributed by atoms with Crippen LogP contribution >= 0.6 is 0 Å². The average Bonchev–Trinajstić information content (AvgIpc) is 2.34. The van der Waals surface area contributed by atoms with Gasteiger partial charge in [0.25, 0.3) is 0 Å². The van der Waals surface area contributed by atoms with Gasteiger partial charge in [0.2, 0.25) is 5.91 Å². The van der Waals surface area contributed by atoms with Crippen molar-refractivity contribution in [1.82, 2.24) is 5.32 Å². The van der Waals surface area contributed by atoms with Crippen LogP contribution in [0.2, 0.25) is 0 Å². The monoisotopic (exact) mass is 236 g/mol. The van der Waals surface area contributed by atoms with Crippen molar-refractivity contribution >= 4 is 12.0 Å². The molecule has 0 saturated heterocycles. The minimum Gasteiger partial charge on any atom is -0.445 e. The number of carbonyl (C=O) groups excluding carboxylic acids is 2. The van der Waals surface area contributed by atoms with E-state index in [0.29, 0.717) is 6.42 Å². The molecule has 0 radical (unpaired) electrons. The summed E-state index contributed by atoms with van der Waals surface area (Å²) in [6, 6.07) is 8.60. The minimum absolute atomic E-state index is 0.169. The van der Waals surface area contributed by atoms with Crippen LogP contribution < -0.4 is 11.1 Å². The first-order chi connectivity index (χ1) is 8.13. The lowest BCUT2D eigenvalue weighted by atomic mass is 10.2. The zero-order chi connectivity index (χ0) is 12.7. The number of nitrogens with two attached hydrogens (primary N) is 1. The fourth-order valence-electron chi connectivity index (χ4n) is 1.28. The molecular formula is C12H16N2O3. The van der Waals surface area contributed by atoms with E-state index < -0.39 is 18.0 Å². The highest BCUT2D eigenvalue weighted by molar-refractivity contribution is 5.84. The van der Waals surface area contributed by atoms with Gasteiger partial charge in [0.1, 0.15) is 12.6 Å². The molecule has 0 aliphatic carbocycles. The predicted octanol–water partition coefficient (Wildman–Crippen LogP) is 1.18. The van der Waals surface area contributed by atoms with Crippen molar-refractivity contribution in [2.45, 2.75) is 26.0 Å². The van der Waals surface area contributed by atoms with Crippen LogP contribution in [0.25, 0.3) is 0 Å². The molecule has 0 heterocycles. The van der Waals surface area contributed by atoms with E-state index in [1.54, 1.807) is 6.92 Å². The number of hydrogen-bond donors (Lipinski definition) is 2. The van der Waals surface area contributed by atoms with Gasteiger partial charge in [-0.15, -0.1) is 0 Å². The van der Waals surface area contributed by atoms with Crippen molar-refractivity contribution in [3.8, 4) is 0 Å². The number of benzene rings is 1. The van der Waals surface area contributed by atoms with Crippen molar-refractivity contribution < 1.29 is 14.3 Å². The Kier molecular flexibility index (Phi) is 5.00. The summed E-state index contributed by atoms with van der Waals surface area (Å²) in [5.74, 6) is -0.566. The van der Waals surface area contributed by atoms with Crippen molar-refractivity contribution in [1.29, 1.82) is 0 Å². The van der Waals surface area contributed by atoms with E-state index in [4.69, 9.17) is 10.5 Å². The van der Waals surface area contributed by atoms with Crippen LogP contribution in [0.5, 0.6) is 0 Å². The van der Waals surface area contributed by atoms with E-state index in [1.165, 1.54) is 0 Å². The SMILES string of the molecule is CC[C@H](NC(=O)OCc1ccccc1)C(N)=O. The minimum atomic E-state index is -0.682. The van der Waals surface area contributed by atoms with Gasteiger partial charge in [-0.1, -0.05) is 37.3 Å². The van der Waals surface area contributed by atoms with Gasteiger partial charge in [0, 0.05) is 0 Å². The second-order valence-corrected chi connectivity index (χ2v) is 3.57. The van der Waals surface area contributed by atoms with Crippen LogP contribution in [0.4, 0.5) is 4.79 Å². The summed E-state index contributed by atoms with van der Waals surface area (Å²) in [7, 11) is 0. The molecule has 0 aromatic heterocycles. The Hall–Kier alpha value is -2.04. The third-order valence-corrected chi connectivity index (χ3v) is 2.26. The molecule has 2 amide bonds. The Morgan fingerprint density at radius 1 is 1.35 bits per heavy atom. The van der Waals surface area contributed by atoms with Crippen LogP contribution in [-0.2, 0) is 16.1 Å². The molecule has 1 atom stereocenters. The van der Waals surface area contributed by atoms with Gasteiger partial charge < -0.3 is 15.8 Å². The van der Waals surface area contributed by atoms with Crippen LogP contribution in [0.1, 0.15) is 18.9 Å². The van der Waals surface area contributed by atoms with Gasteiger partial charge in [-0.05, 0) is 12.0 Å². The standard InChI is InChI=1S/C12H16N2O3/c1-2-10(11(13)15)14-12(16)17-8-9-6-4-3-5-7-9/h3-7,10H,2,8H2,1H3,(H2,13,15)(H,14,16)/t10-/m0/s1. The maximum Gasteiger partial charge on any atom is 0.408 e. The first-order valence-corrected chi connectivity index (χ1v) is 5.40. The van der Waals surface area contributed by atoms with Crippen LogP contribution in [0, 0.1) is 0 Å². The normalized spacial score (nSPS) is 11.6. The average molecular weight is 236 g/mol. The highest BCUT2D eigenvalue weighted by atomic mass is 16.5. The van der Waals surface area contributed by atoms with E-state index in [2.05, 4.69) is 5.32 Å². The highest BCUT2D eigenvalue weighted by Gasteiger charge is 2.16. The first-order valence-electron chi connectivity index (χ1n) is 5.40. The van der Waals surface area contributed by atoms with E-state index >= 15 is 0 Å². The fraction of sp³-hybridized carbons (Fsp3) is 0.333. The van der Waals surface area contributed by atoms with Crippen LogP contribution in [0.15, 0.2) is 30.3 Å². The summed E-state index contributed by atoms with van der Waals surface area (Å²) < 4.78 is 4.95. The van der Waals surface area contributed by atoms with E-state index in [0.717, 1.165) is 5.56 Å². The second kappa shape index (κ2) is 6.52. The van der Waals surface area contributed by atoms with Gasteiger partial charge in [-0.2, -0.15) is 0 Å². The third kappa shape index (κ3) is 4.55.